The predicted molar refractivity (Wildman–Crippen MR) is 79.6 cm³/mol. The first-order valence-electron chi connectivity index (χ1n) is 6.65. The van der Waals surface area contributed by atoms with E-state index in [2.05, 4.69) is 10.4 Å². The number of nitrogens with one attached hydrogen (secondary N) is 1. The number of hydrogen-bond donors (Lipinski definition) is 1. The van der Waals surface area contributed by atoms with Gasteiger partial charge in [0.05, 0.1) is 23.8 Å². The van der Waals surface area contributed by atoms with Crippen LogP contribution in [-0.4, -0.2) is 15.9 Å². The Hall–Kier alpha value is -3.22. The monoisotopic (exact) mass is 315 g/mol. The van der Waals surface area contributed by atoms with E-state index in [0.29, 0.717) is 11.4 Å². The molecule has 3 rings (SSSR count). The topological polar surface area (TPSA) is 56.2 Å². The van der Waals surface area contributed by atoms with Crippen LogP contribution in [-0.2, 0) is 0 Å². The molecule has 0 radical (unpaired) electrons. The van der Waals surface area contributed by atoms with Crippen molar-refractivity contribution in [2.45, 2.75) is 0 Å². The number of carbonyl (C=O) groups is 1. The Balaban J connectivity index is 1.71. The zero-order valence-corrected chi connectivity index (χ0v) is 11.7. The number of nitrogens with zero attached hydrogens (tertiary/aromatic N) is 2. The normalized spacial score (nSPS) is 10.3. The van der Waals surface area contributed by atoms with Crippen molar-refractivity contribution in [1.82, 2.24) is 9.78 Å². The van der Waals surface area contributed by atoms with Crippen LogP contribution in [0.3, 0.4) is 0 Å². The second kappa shape index (κ2) is 6.27. The summed E-state index contributed by atoms with van der Waals surface area (Å²) in [4.78, 5) is 11.7. The van der Waals surface area contributed by atoms with E-state index >= 15 is 0 Å². The van der Waals surface area contributed by atoms with Gasteiger partial charge in [0, 0.05) is 6.07 Å². The lowest BCUT2D eigenvalue weighted by atomic mass is 10.3. The molecule has 7 heteroatoms. The van der Waals surface area contributed by atoms with Gasteiger partial charge in [-0.25, -0.2) is 18.3 Å². The molecule has 0 aliphatic rings. The minimum absolute atomic E-state index is 0.201. The minimum Gasteiger partial charge on any atom is -0.410 e. The molecule has 3 aromatic rings. The number of para-hydroxylation sites is 1. The van der Waals surface area contributed by atoms with Crippen molar-refractivity contribution in [3.63, 3.8) is 0 Å². The highest BCUT2D eigenvalue weighted by Gasteiger charge is 2.09. The number of hydrogen-bond acceptors (Lipinski definition) is 3. The van der Waals surface area contributed by atoms with E-state index in [1.165, 1.54) is 17.1 Å². The zero-order valence-electron chi connectivity index (χ0n) is 11.7. The van der Waals surface area contributed by atoms with Crippen LogP contribution in [0.5, 0.6) is 5.75 Å². The first-order chi connectivity index (χ1) is 11.1. The van der Waals surface area contributed by atoms with Gasteiger partial charge >= 0.3 is 6.09 Å². The number of anilines is 1. The number of aromatic nitrogens is 2. The Morgan fingerprint density at radius 2 is 1.78 bits per heavy atom. The lowest BCUT2D eigenvalue weighted by molar-refractivity contribution is 0.215. The fourth-order valence-corrected chi connectivity index (χ4v) is 1.94. The number of rotatable bonds is 3. The molecule has 0 saturated heterocycles. The zero-order chi connectivity index (χ0) is 16.2. The average Bonchev–Trinajstić information content (AvgIpc) is 2.95. The number of carbonyl (C=O) groups excluding carboxylic acids is 1. The van der Waals surface area contributed by atoms with Crippen molar-refractivity contribution in [3.8, 4) is 11.4 Å². The van der Waals surface area contributed by atoms with Crippen LogP contribution in [0.2, 0.25) is 0 Å². The van der Waals surface area contributed by atoms with Gasteiger partial charge in [0.2, 0.25) is 0 Å². The van der Waals surface area contributed by atoms with Crippen LogP contribution in [0.4, 0.5) is 19.3 Å². The standard InChI is InChI=1S/C16H11F2N3O2/c17-11-6-12(18)8-14(7-11)21-10-13(9-19-21)20-16(22)23-15-4-2-1-3-5-15/h1-10H,(H,20,22). The van der Waals surface area contributed by atoms with Crippen LogP contribution in [0.25, 0.3) is 5.69 Å². The molecule has 1 amide bonds. The van der Waals surface area contributed by atoms with Crippen molar-refractivity contribution >= 4 is 11.8 Å². The molecular formula is C16H11F2N3O2. The van der Waals surface area contributed by atoms with Gasteiger partial charge in [-0.2, -0.15) is 5.10 Å². The highest BCUT2D eigenvalue weighted by Crippen LogP contribution is 2.16. The summed E-state index contributed by atoms with van der Waals surface area (Å²) in [6.45, 7) is 0. The molecule has 0 atom stereocenters. The third-order valence-electron chi connectivity index (χ3n) is 2.89. The first-order valence-corrected chi connectivity index (χ1v) is 6.65. The Labute approximate surface area is 130 Å². The number of amides is 1. The second-order valence-electron chi connectivity index (χ2n) is 4.63. The molecule has 116 valence electrons. The van der Waals surface area contributed by atoms with E-state index in [0.717, 1.165) is 18.2 Å². The van der Waals surface area contributed by atoms with Gasteiger partial charge in [-0.15, -0.1) is 0 Å². The Morgan fingerprint density at radius 1 is 1.09 bits per heavy atom. The van der Waals surface area contributed by atoms with Gasteiger partial charge in [-0.1, -0.05) is 18.2 Å². The molecule has 1 aromatic heterocycles. The van der Waals surface area contributed by atoms with Crippen LogP contribution >= 0.6 is 0 Å². The first kappa shape index (κ1) is 14.7. The summed E-state index contributed by atoms with van der Waals surface area (Å²) in [5.74, 6) is -1.04. The fraction of sp³-hybridized carbons (Fsp3) is 0. The highest BCUT2D eigenvalue weighted by molar-refractivity contribution is 5.85. The summed E-state index contributed by atoms with van der Waals surface area (Å²) >= 11 is 0. The molecule has 0 fully saturated rings. The summed E-state index contributed by atoms with van der Waals surface area (Å²) in [6.07, 6.45) is 2.07. The minimum atomic E-state index is -0.714. The summed E-state index contributed by atoms with van der Waals surface area (Å²) in [5.41, 5.74) is 0.530. The van der Waals surface area contributed by atoms with Gasteiger partial charge in [-0.05, 0) is 24.3 Å². The maximum Gasteiger partial charge on any atom is 0.417 e. The maximum atomic E-state index is 13.2. The molecule has 0 unspecified atom stereocenters. The van der Waals surface area contributed by atoms with E-state index in [1.807, 2.05) is 0 Å². The second-order valence-corrected chi connectivity index (χ2v) is 4.63. The van der Waals surface area contributed by atoms with Gasteiger partial charge in [0.25, 0.3) is 0 Å². The van der Waals surface area contributed by atoms with Gasteiger partial charge < -0.3 is 4.74 Å². The lowest BCUT2D eigenvalue weighted by Gasteiger charge is -2.04. The predicted octanol–water partition coefficient (Wildman–Crippen LogP) is 3.76. The quantitative estimate of drug-likeness (QED) is 0.800. The van der Waals surface area contributed by atoms with Gasteiger partial charge in [-0.3, -0.25) is 5.32 Å². The molecule has 0 saturated carbocycles. The van der Waals surface area contributed by atoms with E-state index in [-0.39, 0.29) is 5.69 Å². The molecule has 0 bridgehead atoms. The highest BCUT2D eigenvalue weighted by atomic mass is 19.1. The van der Waals surface area contributed by atoms with E-state index in [4.69, 9.17) is 4.74 Å². The Bertz CT molecular complexity index is 814. The molecule has 2 aromatic carbocycles. The lowest BCUT2D eigenvalue weighted by Crippen LogP contribution is -2.16. The third kappa shape index (κ3) is 3.70. The molecule has 1 N–H and O–H groups in total. The summed E-state index contributed by atoms with van der Waals surface area (Å²) in [7, 11) is 0. The number of benzene rings is 2. The van der Waals surface area contributed by atoms with E-state index < -0.39 is 17.7 Å². The summed E-state index contributed by atoms with van der Waals surface area (Å²) < 4.78 is 32.7. The van der Waals surface area contributed by atoms with Crippen LogP contribution in [0.1, 0.15) is 0 Å². The maximum absolute atomic E-state index is 13.2. The van der Waals surface area contributed by atoms with Crippen LogP contribution in [0, 0.1) is 11.6 Å². The summed E-state index contributed by atoms with van der Waals surface area (Å²) in [6, 6.07) is 11.6. The van der Waals surface area contributed by atoms with Crippen molar-refractivity contribution in [1.29, 1.82) is 0 Å². The number of halogens is 2. The van der Waals surface area contributed by atoms with Gasteiger partial charge in [0.1, 0.15) is 17.4 Å². The molecule has 23 heavy (non-hydrogen) atoms. The third-order valence-corrected chi connectivity index (χ3v) is 2.89. The van der Waals surface area contributed by atoms with Gasteiger partial charge in [0.15, 0.2) is 0 Å². The largest absolute Gasteiger partial charge is 0.417 e. The van der Waals surface area contributed by atoms with Crippen LogP contribution in [0.15, 0.2) is 60.9 Å². The van der Waals surface area contributed by atoms with Crippen molar-refractivity contribution < 1.29 is 18.3 Å². The fourth-order valence-electron chi connectivity index (χ4n) is 1.94. The van der Waals surface area contributed by atoms with Crippen molar-refractivity contribution in [3.05, 3.63) is 72.6 Å². The Morgan fingerprint density at radius 3 is 2.48 bits per heavy atom. The molecular weight excluding hydrogens is 304 g/mol. The summed E-state index contributed by atoms with van der Waals surface area (Å²) in [5, 5.41) is 6.42. The SMILES string of the molecule is O=C(Nc1cnn(-c2cc(F)cc(F)c2)c1)Oc1ccccc1. The van der Waals surface area contributed by atoms with Crippen LogP contribution < -0.4 is 10.1 Å². The van der Waals surface area contributed by atoms with Crippen molar-refractivity contribution in [2.75, 3.05) is 5.32 Å². The molecule has 0 aliphatic heterocycles. The van der Waals surface area contributed by atoms with Crippen molar-refractivity contribution in [2.24, 2.45) is 0 Å². The molecule has 0 spiro atoms. The Kier molecular flexibility index (Phi) is 4.01. The molecule has 1 heterocycles. The van der Waals surface area contributed by atoms with E-state index in [1.54, 1.807) is 30.3 Å². The molecule has 5 nitrogen and oxygen atoms in total. The smallest absolute Gasteiger partial charge is 0.410 e. The molecule has 0 aliphatic carbocycles. The van der Waals surface area contributed by atoms with E-state index in [9.17, 15) is 13.6 Å². The number of ether oxygens (including phenoxy) is 1. The average molecular weight is 315 g/mol.